The molecule has 3 aromatic rings. The Morgan fingerprint density at radius 1 is 0.923 bits per heavy atom. The number of phenolic OH excluding ortho intramolecular Hbond substituents is 2. The van der Waals surface area contributed by atoms with Crippen molar-refractivity contribution >= 4 is 27.2 Å². The van der Waals surface area contributed by atoms with Gasteiger partial charge in [-0.3, -0.25) is 4.48 Å². The molecule has 4 rings (SSSR count). The predicted octanol–water partition coefficient (Wildman–Crippen LogP) is 0.548. The van der Waals surface area contributed by atoms with E-state index in [0.717, 1.165) is 50.2 Å². The summed E-state index contributed by atoms with van der Waals surface area (Å²) in [6, 6.07) is 7.45. The van der Waals surface area contributed by atoms with E-state index in [1.54, 1.807) is 13.2 Å². The van der Waals surface area contributed by atoms with Gasteiger partial charge >= 0.3 is 0 Å². The number of rotatable bonds is 2. The second kappa shape index (κ2) is 6.35. The van der Waals surface area contributed by atoms with Gasteiger partial charge in [-0.1, -0.05) is 0 Å². The van der Waals surface area contributed by atoms with Gasteiger partial charge in [-0.15, -0.1) is 0 Å². The molecule has 0 saturated carbocycles. The lowest BCUT2D eigenvalue weighted by Gasteiger charge is -2.35. The van der Waals surface area contributed by atoms with Gasteiger partial charge < -0.3 is 43.7 Å². The van der Waals surface area contributed by atoms with Crippen LogP contribution in [0.3, 0.4) is 0 Å². The van der Waals surface area contributed by atoms with Crippen molar-refractivity contribution in [2.45, 2.75) is 6.42 Å². The molecule has 0 aromatic heterocycles. The summed E-state index contributed by atoms with van der Waals surface area (Å²) in [5.74, 6) is 1.10. The zero-order chi connectivity index (χ0) is 17.9. The number of benzene rings is 3. The fourth-order valence-corrected chi connectivity index (χ4v) is 3.96. The molecule has 0 unspecified atom stereocenters. The molecule has 1 aliphatic rings. The number of fused-ring (bicyclic) bond motifs is 2. The molecule has 0 saturated heterocycles. The number of hydrogen-bond acceptors (Lipinski definition) is 4. The average Bonchev–Trinajstić information content (AvgIpc) is 2.57. The summed E-state index contributed by atoms with van der Waals surface area (Å²) in [5.41, 5.74) is 2.28. The number of ether oxygens (including phenoxy) is 2. The van der Waals surface area contributed by atoms with Crippen LogP contribution in [0.15, 0.2) is 24.3 Å². The molecule has 0 amide bonds. The van der Waals surface area contributed by atoms with Crippen molar-refractivity contribution in [2.75, 3.05) is 34.9 Å². The summed E-state index contributed by atoms with van der Waals surface area (Å²) in [6.07, 6.45) is 0.884. The smallest absolute Gasteiger partial charge is 0.169 e. The highest BCUT2D eigenvalue weighted by Gasteiger charge is 2.32. The number of methoxy groups -OCH3 is 2. The van der Waals surface area contributed by atoms with Crippen LogP contribution in [-0.2, 0) is 6.42 Å². The lowest BCUT2D eigenvalue weighted by Crippen LogP contribution is -3.00. The Morgan fingerprint density at radius 3 is 2.31 bits per heavy atom. The quantitative estimate of drug-likeness (QED) is 0.329. The Morgan fingerprint density at radius 2 is 1.65 bits per heavy atom. The highest BCUT2D eigenvalue weighted by atomic mass is 127. The molecule has 0 fully saturated rings. The number of likely N-dealkylation sites (N-methyl/N-ethyl adjacent to an activating group) is 1. The minimum absolute atomic E-state index is 0. The second-order valence-corrected chi connectivity index (χ2v) is 7.14. The molecule has 1 aliphatic heterocycles. The molecule has 26 heavy (non-hydrogen) atoms. The van der Waals surface area contributed by atoms with E-state index in [9.17, 15) is 10.2 Å². The Hall–Kier alpha value is -1.93. The maximum atomic E-state index is 10.5. The van der Waals surface area contributed by atoms with Crippen molar-refractivity contribution in [1.82, 2.24) is 4.48 Å². The van der Waals surface area contributed by atoms with Crippen LogP contribution in [-0.4, -0.2) is 45.1 Å². The Balaban J connectivity index is 0.00000196. The van der Waals surface area contributed by atoms with Gasteiger partial charge in [0, 0.05) is 17.9 Å². The third kappa shape index (κ3) is 2.54. The summed E-state index contributed by atoms with van der Waals surface area (Å²) in [4.78, 5) is 0. The number of halogens is 1. The number of aromatic hydroxyl groups is 2. The summed E-state index contributed by atoms with van der Waals surface area (Å²) in [5, 5.41) is 24.5. The van der Waals surface area contributed by atoms with Crippen molar-refractivity contribution in [2.24, 2.45) is 0 Å². The number of nitrogens with zero attached hydrogens (tertiary/aromatic N) is 1. The molecular formula is C20H22INO4. The van der Waals surface area contributed by atoms with E-state index in [2.05, 4.69) is 20.2 Å². The molecule has 2 N–H and O–H groups in total. The zero-order valence-corrected chi connectivity index (χ0v) is 17.4. The van der Waals surface area contributed by atoms with E-state index in [4.69, 9.17) is 9.47 Å². The average molecular weight is 467 g/mol. The van der Waals surface area contributed by atoms with Crippen LogP contribution >= 0.6 is 0 Å². The van der Waals surface area contributed by atoms with Gasteiger partial charge in [-0.05, 0) is 34.5 Å². The Kier molecular flexibility index (Phi) is 4.60. The van der Waals surface area contributed by atoms with Crippen LogP contribution in [0.5, 0.6) is 23.0 Å². The minimum Gasteiger partial charge on any atom is -1.00 e. The molecule has 6 heteroatoms. The molecule has 1 heterocycles. The van der Waals surface area contributed by atoms with Gasteiger partial charge in [0.1, 0.15) is 5.69 Å². The molecule has 0 aliphatic carbocycles. The SMILES string of the molecule is COc1cc2c(cc1O)cc1c3c(cc(O)c(OC)c32)CC[N+]1(C)C.[I-]. The third-order valence-electron chi connectivity index (χ3n) is 5.31. The Labute approximate surface area is 169 Å². The van der Waals surface area contributed by atoms with Gasteiger partial charge in [0.15, 0.2) is 23.0 Å². The van der Waals surface area contributed by atoms with E-state index in [1.807, 2.05) is 12.1 Å². The molecule has 0 spiro atoms. The van der Waals surface area contributed by atoms with E-state index in [0.29, 0.717) is 11.5 Å². The maximum Gasteiger partial charge on any atom is 0.169 e. The van der Waals surface area contributed by atoms with Gasteiger partial charge in [0.25, 0.3) is 0 Å². The van der Waals surface area contributed by atoms with Crippen LogP contribution in [0.1, 0.15) is 5.56 Å². The summed E-state index contributed by atoms with van der Waals surface area (Å²) in [6.45, 7) is 0.946. The van der Waals surface area contributed by atoms with Gasteiger partial charge in [0.2, 0.25) is 0 Å². The zero-order valence-electron chi connectivity index (χ0n) is 15.3. The maximum absolute atomic E-state index is 10.5. The lowest BCUT2D eigenvalue weighted by atomic mass is 9.90. The fraction of sp³-hybridized carbons (Fsp3) is 0.300. The van der Waals surface area contributed by atoms with Crippen molar-refractivity contribution in [3.63, 3.8) is 0 Å². The van der Waals surface area contributed by atoms with Crippen LogP contribution in [0.25, 0.3) is 21.5 Å². The third-order valence-corrected chi connectivity index (χ3v) is 5.31. The number of hydrogen-bond donors (Lipinski definition) is 2. The first-order valence-corrected chi connectivity index (χ1v) is 8.27. The van der Waals surface area contributed by atoms with Crippen molar-refractivity contribution in [3.05, 3.63) is 29.8 Å². The van der Waals surface area contributed by atoms with E-state index >= 15 is 0 Å². The van der Waals surface area contributed by atoms with Crippen LogP contribution in [0.2, 0.25) is 0 Å². The lowest BCUT2D eigenvalue weighted by molar-refractivity contribution is -0.00000746. The first-order chi connectivity index (χ1) is 11.9. The van der Waals surface area contributed by atoms with Gasteiger partial charge in [0.05, 0.1) is 40.2 Å². The van der Waals surface area contributed by atoms with Crippen LogP contribution in [0.4, 0.5) is 5.69 Å². The monoisotopic (exact) mass is 467 g/mol. The fourth-order valence-electron chi connectivity index (χ4n) is 3.96. The van der Waals surface area contributed by atoms with Crippen molar-refractivity contribution < 1.29 is 43.7 Å². The normalized spacial score (nSPS) is 14.9. The molecule has 0 radical (unpaired) electrons. The number of quaternary nitrogens is 1. The molecular weight excluding hydrogens is 445 g/mol. The van der Waals surface area contributed by atoms with E-state index in [1.165, 1.54) is 7.11 Å². The molecule has 3 aromatic carbocycles. The van der Waals surface area contributed by atoms with Gasteiger partial charge in [-0.25, -0.2) is 0 Å². The molecule has 0 atom stereocenters. The van der Waals surface area contributed by atoms with Gasteiger partial charge in [-0.2, -0.15) is 0 Å². The molecule has 138 valence electrons. The molecule has 5 nitrogen and oxygen atoms in total. The van der Waals surface area contributed by atoms with Crippen molar-refractivity contribution in [1.29, 1.82) is 0 Å². The van der Waals surface area contributed by atoms with E-state index in [-0.39, 0.29) is 35.5 Å². The molecule has 0 bridgehead atoms. The summed E-state index contributed by atoms with van der Waals surface area (Å²) >= 11 is 0. The highest BCUT2D eigenvalue weighted by molar-refractivity contribution is 6.18. The first-order valence-electron chi connectivity index (χ1n) is 8.27. The predicted molar refractivity (Wildman–Crippen MR) is 100 cm³/mol. The first kappa shape index (κ1) is 18.8. The summed E-state index contributed by atoms with van der Waals surface area (Å²) in [7, 11) is 7.44. The standard InChI is InChI=1S/C20H21NO4.HI/c1-21(2)6-5-11-8-16(23)20(25-4)19-13-10-17(24-3)15(22)9-12(13)7-14(21)18(11)19;/h7-10H,5-6H2,1-4H3,(H-,22,23);1H. The van der Waals surface area contributed by atoms with Crippen LogP contribution in [0, 0.1) is 0 Å². The van der Waals surface area contributed by atoms with E-state index < -0.39 is 0 Å². The Bertz CT molecular complexity index is 1030. The van der Waals surface area contributed by atoms with Crippen LogP contribution < -0.4 is 37.9 Å². The summed E-state index contributed by atoms with van der Waals surface area (Å²) < 4.78 is 11.6. The highest BCUT2D eigenvalue weighted by Crippen LogP contribution is 2.49. The second-order valence-electron chi connectivity index (χ2n) is 7.14. The minimum atomic E-state index is 0. The topological polar surface area (TPSA) is 58.9 Å². The largest absolute Gasteiger partial charge is 1.00 e. The number of phenols is 2. The van der Waals surface area contributed by atoms with Crippen molar-refractivity contribution in [3.8, 4) is 23.0 Å².